The first-order chi connectivity index (χ1) is 22.1. The molecule has 5 aromatic carbocycles. The SMILES string of the molecule is COc1ccc(C(OC[C@@H](O)CCOCc2ccc(C#Cc3ccccc3)cc2)(c2ccccc2)c2ccc(OC)cc2)cc1. The lowest BCUT2D eigenvalue weighted by atomic mass is 9.80. The van der Waals surface area contributed by atoms with Crippen LogP contribution in [-0.2, 0) is 21.7 Å². The Morgan fingerprint density at radius 1 is 0.600 bits per heavy atom. The molecule has 5 nitrogen and oxygen atoms in total. The van der Waals surface area contributed by atoms with Crippen LogP contribution in [0.1, 0.15) is 39.8 Å². The molecule has 0 heterocycles. The van der Waals surface area contributed by atoms with E-state index in [1.54, 1.807) is 14.2 Å². The number of ether oxygens (including phenoxy) is 4. The van der Waals surface area contributed by atoms with Crippen molar-refractivity contribution in [1.82, 2.24) is 0 Å². The van der Waals surface area contributed by atoms with Gasteiger partial charge in [-0.15, -0.1) is 0 Å². The van der Waals surface area contributed by atoms with Gasteiger partial charge in [0.25, 0.3) is 0 Å². The van der Waals surface area contributed by atoms with E-state index in [-0.39, 0.29) is 6.61 Å². The van der Waals surface area contributed by atoms with Crippen molar-refractivity contribution in [2.75, 3.05) is 27.4 Å². The van der Waals surface area contributed by atoms with E-state index in [1.165, 1.54) is 0 Å². The van der Waals surface area contributed by atoms with Crippen LogP contribution in [0, 0.1) is 11.8 Å². The summed E-state index contributed by atoms with van der Waals surface area (Å²) in [5.74, 6) is 7.87. The summed E-state index contributed by atoms with van der Waals surface area (Å²) in [5.41, 5.74) is 4.79. The summed E-state index contributed by atoms with van der Waals surface area (Å²) >= 11 is 0. The standard InChI is InChI=1S/C40H38O5/c1-42-38-23-19-35(20-24-38)40(34-11-7-4-8-12-34,36-21-25-39(43-2)26-22-36)45-30-37(41)27-28-44-29-33-17-15-32(16-18-33)14-13-31-9-5-3-6-10-31/h3-12,15-26,37,41H,27-30H2,1-2H3/t37-/m0/s1. The first-order valence-electron chi connectivity index (χ1n) is 15.0. The van der Waals surface area contributed by atoms with E-state index >= 15 is 0 Å². The molecule has 1 N–H and O–H groups in total. The molecule has 45 heavy (non-hydrogen) atoms. The Hall–Kier alpha value is -4.86. The van der Waals surface area contributed by atoms with E-state index in [2.05, 4.69) is 11.8 Å². The summed E-state index contributed by atoms with van der Waals surface area (Å²) in [5, 5.41) is 11.0. The zero-order valence-electron chi connectivity index (χ0n) is 25.7. The highest BCUT2D eigenvalue weighted by Gasteiger charge is 2.38. The van der Waals surface area contributed by atoms with Crippen molar-refractivity contribution in [1.29, 1.82) is 0 Å². The second-order valence-corrected chi connectivity index (χ2v) is 10.6. The molecule has 5 aromatic rings. The molecule has 0 saturated heterocycles. The number of aliphatic hydroxyl groups excluding tert-OH is 1. The van der Waals surface area contributed by atoms with Crippen molar-refractivity contribution in [3.8, 4) is 23.3 Å². The fourth-order valence-electron chi connectivity index (χ4n) is 5.14. The number of hydrogen-bond donors (Lipinski definition) is 1. The molecular formula is C40H38O5. The Labute approximate surface area is 266 Å². The van der Waals surface area contributed by atoms with Crippen LogP contribution in [-0.4, -0.2) is 38.6 Å². The van der Waals surface area contributed by atoms with Crippen LogP contribution in [0.5, 0.6) is 11.5 Å². The Morgan fingerprint density at radius 2 is 1.09 bits per heavy atom. The van der Waals surface area contributed by atoms with E-state index in [9.17, 15) is 5.11 Å². The summed E-state index contributed by atoms with van der Waals surface area (Å²) < 4.78 is 23.5. The molecule has 0 spiro atoms. The van der Waals surface area contributed by atoms with Crippen LogP contribution < -0.4 is 9.47 Å². The zero-order chi connectivity index (χ0) is 31.3. The maximum absolute atomic E-state index is 11.0. The average molecular weight is 599 g/mol. The Balaban J connectivity index is 1.25. The van der Waals surface area contributed by atoms with Crippen molar-refractivity contribution < 1.29 is 24.1 Å². The molecule has 5 heteroatoms. The lowest BCUT2D eigenvalue weighted by Crippen LogP contribution is -2.36. The highest BCUT2D eigenvalue weighted by Crippen LogP contribution is 2.41. The van der Waals surface area contributed by atoms with Crippen LogP contribution >= 0.6 is 0 Å². The quantitative estimate of drug-likeness (QED) is 0.0871. The van der Waals surface area contributed by atoms with Crippen molar-refractivity contribution in [3.63, 3.8) is 0 Å². The van der Waals surface area contributed by atoms with Crippen molar-refractivity contribution in [2.45, 2.75) is 24.7 Å². The van der Waals surface area contributed by atoms with Crippen molar-refractivity contribution in [2.24, 2.45) is 0 Å². The fourth-order valence-corrected chi connectivity index (χ4v) is 5.14. The van der Waals surface area contributed by atoms with Gasteiger partial charge < -0.3 is 24.1 Å². The monoisotopic (exact) mass is 598 g/mol. The Morgan fingerprint density at radius 3 is 1.62 bits per heavy atom. The first kappa shape index (κ1) is 31.6. The summed E-state index contributed by atoms with van der Waals surface area (Å²) in [7, 11) is 3.30. The van der Waals surface area contributed by atoms with Crippen LogP contribution in [0.3, 0.4) is 0 Å². The lowest BCUT2D eigenvalue weighted by molar-refractivity contribution is -0.0474. The molecule has 228 valence electrons. The number of aliphatic hydroxyl groups is 1. The van der Waals surface area contributed by atoms with Gasteiger partial charge in [0, 0.05) is 17.7 Å². The first-order valence-corrected chi connectivity index (χ1v) is 15.0. The third-order valence-corrected chi connectivity index (χ3v) is 7.61. The average Bonchev–Trinajstić information content (AvgIpc) is 3.11. The molecule has 0 fully saturated rings. The summed E-state index contributed by atoms with van der Waals surface area (Å²) in [6, 6.07) is 43.7. The van der Waals surface area contributed by atoms with Gasteiger partial charge in [0.2, 0.25) is 0 Å². The van der Waals surface area contributed by atoms with E-state index in [0.29, 0.717) is 19.6 Å². The second kappa shape index (κ2) is 15.7. The smallest absolute Gasteiger partial charge is 0.143 e. The summed E-state index contributed by atoms with van der Waals surface area (Å²) in [6.07, 6.45) is -0.309. The minimum absolute atomic E-state index is 0.102. The van der Waals surface area contributed by atoms with Crippen molar-refractivity contribution in [3.05, 3.63) is 167 Å². The predicted octanol–water partition coefficient (Wildman–Crippen LogP) is 7.38. The van der Waals surface area contributed by atoms with Gasteiger partial charge in [-0.05, 0) is 77.2 Å². The van der Waals surface area contributed by atoms with Gasteiger partial charge >= 0.3 is 0 Å². The largest absolute Gasteiger partial charge is 0.497 e. The van der Waals surface area contributed by atoms with Crippen LogP contribution in [0.4, 0.5) is 0 Å². The number of rotatable bonds is 13. The van der Waals surface area contributed by atoms with Gasteiger partial charge in [0.15, 0.2) is 0 Å². The molecule has 0 unspecified atom stereocenters. The van der Waals surface area contributed by atoms with Gasteiger partial charge in [0.1, 0.15) is 17.1 Å². The summed E-state index contributed by atoms with van der Waals surface area (Å²) in [6.45, 7) is 0.945. The Bertz CT molecular complexity index is 1610. The summed E-state index contributed by atoms with van der Waals surface area (Å²) in [4.78, 5) is 0. The molecule has 0 bridgehead atoms. The van der Waals surface area contributed by atoms with Crippen molar-refractivity contribution >= 4 is 0 Å². The molecule has 0 amide bonds. The zero-order valence-corrected chi connectivity index (χ0v) is 25.7. The van der Waals surface area contributed by atoms with Gasteiger partial charge in [-0.25, -0.2) is 0 Å². The minimum Gasteiger partial charge on any atom is -0.497 e. The third-order valence-electron chi connectivity index (χ3n) is 7.61. The highest BCUT2D eigenvalue weighted by molar-refractivity contribution is 5.50. The molecule has 0 aliphatic heterocycles. The molecular weight excluding hydrogens is 560 g/mol. The Kier molecular flexibility index (Phi) is 11.0. The molecule has 0 aliphatic rings. The van der Waals surface area contributed by atoms with Crippen LogP contribution in [0.15, 0.2) is 133 Å². The second-order valence-electron chi connectivity index (χ2n) is 10.6. The van der Waals surface area contributed by atoms with Gasteiger partial charge in [-0.3, -0.25) is 0 Å². The third kappa shape index (κ3) is 8.20. The molecule has 0 aliphatic carbocycles. The topological polar surface area (TPSA) is 57.2 Å². The van der Waals surface area contributed by atoms with Gasteiger partial charge in [0.05, 0.1) is 33.5 Å². The molecule has 0 aromatic heterocycles. The highest BCUT2D eigenvalue weighted by atomic mass is 16.5. The molecule has 0 radical (unpaired) electrons. The van der Waals surface area contributed by atoms with E-state index in [1.807, 2.05) is 133 Å². The minimum atomic E-state index is -0.979. The number of benzene rings is 5. The molecule has 5 rings (SSSR count). The fraction of sp³-hybridized carbons (Fsp3) is 0.200. The van der Waals surface area contributed by atoms with E-state index in [4.69, 9.17) is 18.9 Å². The number of methoxy groups -OCH3 is 2. The molecule has 1 atom stereocenters. The van der Waals surface area contributed by atoms with E-state index in [0.717, 1.165) is 44.9 Å². The maximum atomic E-state index is 11.0. The van der Waals surface area contributed by atoms with Crippen LogP contribution in [0.2, 0.25) is 0 Å². The lowest BCUT2D eigenvalue weighted by Gasteiger charge is -2.36. The number of hydrogen-bond acceptors (Lipinski definition) is 5. The molecule has 0 saturated carbocycles. The van der Waals surface area contributed by atoms with E-state index < -0.39 is 11.7 Å². The predicted molar refractivity (Wildman–Crippen MR) is 177 cm³/mol. The maximum Gasteiger partial charge on any atom is 0.143 e. The van der Waals surface area contributed by atoms with Gasteiger partial charge in [-0.2, -0.15) is 0 Å². The van der Waals surface area contributed by atoms with Crippen LogP contribution in [0.25, 0.3) is 0 Å². The van der Waals surface area contributed by atoms with Gasteiger partial charge in [-0.1, -0.05) is 96.8 Å². The normalized spacial score (nSPS) is 11.7.